The molecular weight excluding hydrogens is 622 g/mol. The van der Waals surface area contributed by atoms with Gasteiger partial charge in [0.05, 0.1) is 51.1 Å². The standard InChI is InChI=1S/C31H27ClF2N8O2S/c32-25-22(17-2-3-21(34)27-23(17)18(7-35)28(36)45-27)19-12-43-13-20(19)24-26(25)40-30(41-29(24)37-8-15-9-38-39-10-15)44-14-31-4-1-5-42(31)11-16(33)6-31/h2-3,9-10,16H,1,4-6,8,11-14,36H2,(H,38,39)(H,37,40,41)/t16-,31+/m1/s1. The van der Waals surface area contributed by atoms with Gasteiger partial charge in [-0.25, -0.2) is 8.78 Å². The van der Waals surface area contributed by atoms with Crippen LogP contribution < -0.4 is 15.8 Å². The van der Waals surface area contributed by atoms with Gasteiger partial charge in [-0.3, -0.25) is 10.00 Å². The average Bonchev–Trinajstić information content (AvgIpc) is 3.85. The molecule has 0 aliphatic carbocycles. The highest BCUT2D eigenvalue weighted by Gasteiger charge is 2.49. The molecule has 2 fully saturated rings. The second-order valence-electron chi connectivity index (χ2n) is 11.8. The molecular formula is C31H27ClF2N8O2S. The molecule has 0 unspecified atom stereocenters. The van der Waals surface area contributed by atoms with E-state index >= 15 is 0 Å². The van der Waals surface area contributed by atoms with Crippen LogP contribution in [0.4, 0.5) is 19.6 Å². The van der Waals surface area contributed by atoms with Gasteiger partial charge < -0.3 is 20.5 Å². The molecule has 10 nitrogen and oxygen atoms in total. The summed E-state index contributed by atoms with van der Waals surface area (Å²) >= 11 is 8.30. The summed E-state index contributed by atoms with van der Waals surface area (Å²) in [6, 6.07) is 5.23. The van der Waals surface area contributed by atoms with Gasteiger partial charge >= 0.3 is 6.01 Å². The molecule has 0 bridgehead atoms. The zero-order valence-electron chi connectivity index (χ0n) is 23.9. The number of aromatic nitrogens is 4. The molecule has 0 amide bonds. The van der Waals surface area contributed by atoms with Crippen LogP contribution in [0.5, 0.6) is 6.01 Å². The highest BCUT2D eigenvalue weighted by Crippen LogP contribution is 2.49. The molecule has 3 aliphatic heterocycles. The van der Waals surface area contributed by atoms with Crippen LogP contribution in [0.2, 0.25) is 5.02 Å². The second-order valence-corrected chi connectivity index (χ2v) is 13.2. The smallest absolute Gasteiger partial charge is 0.319 e. The maximum absolute atomic E-state index is 15.0. The van der Waals surface area contributed by atoms with Crippen molar-refractivity contribution in [1.82, 2.24) is 25.1 Å². The zero-order chi connectivity index (χ0) is 30.9. The Morgan fingerprint density at radius 2 is 2.16 bits per heavy atom. The van der Waals surface area contributed by atoms with Crippen LogP contribution in [0.3, 0.4) is 0 Å². The fourth-order valence-corrected chi connectivity index (χ4v) is 8.50. The van der Waals surface area contributed by atoms with Gasteiger partial charge in [0.25, 0.3) is 0 Å². The van der Waals surface area contributed by atoms with Crippen molar-refractivity contribution < 1.29 is 18.3 Å². The van der Waals surface area contributed by atoms with E-state index < -0.39 is 17.5 Å². The molecule has 0 spiro atoms. The summed E-state index contributed by atoms with van der Waals surface area (Å²) in [5.41, 5.74) is 10.1. The van der Waals surface area contributed by atoms with Gasteiger partial charge in [0, 0.05) is 42.2 Å². The number of nitrogen functional groups attached to an aromatic ring is 1. The van der Waals surface area contributed by atoms with Gasteiger partial charge in [-0.15, -0.1) is 11.3 Å². The number of nitriles is 1. The van der Waals surface area contributed by atoms with Crippen LogP contribution in [0, 0.1) is 17.1 Å². The lowest BCUT2D eigenvalue weighted by Crippen LogP contribution is -2.43. The third kappa shape index (κ3) is 4.50. The molecule has 14 heteroatoms. The second kappa shape index (κ2) is 10.8. The van der Waals surface area contributed by atoms with Gasteiger partial charge in [-0.1, -0.05) is 17.7 Å². The number of fused-ring (bicyclic) bond motifs is 5. The first kappa shape index (κ1) is 28.4. The summed E-state index contributed by atoms with van der Waals surface area (Å²) in [7, 11) is 0. The maximum atomic E-state index is 15.0. The first-order valence-corrected chi connectivity index (χ1v) is 15.8. The summed E-state index contributed by atoms with van der Waals surface area (Å²) in [5.74, 6) is 0.0342. The number of rotatable bonds is 7. The van der Waals surface area contributed by atoms with E-state index in [0.717, 1.165) is 47.4 Å². The Labute approximate surface area is 265 Å². The van der Waals surface area contributed by atoms with Crippen molar-refractivity contribution >= 4 is 54.7 Å². The Balaban J connectivity index is 1.31. The van der Waals surface area contributed by atoms with E-state index in [1.807, 2.05) is 0 Å². The van der Waals surface area contributed by atoms with Gasteiger partial charge in [0.1, 0.15) is 35.5 Å². The number of ether oxygens (including phenoxy) is 2. The minimum absolute atomic E-state index is 0.106. The normalized spacial score (nSPS) is 21.0. The lowest BCUT2D eigenvalue weighted by molar-refractivity contribution is 0.107. The van der Waals surface area contributed by atoms with Crippen molar-refractivity contribution in [2.75, 3.05) is 30.7 Å². The van der Waals surface area contributed by atoms with Gasteiger partial charge in [0.2, 0.25) is 0 Å². The number of H-pyrrole nitrogens is 1. The molecule has 0 saturated carbocycles. The average molecular weight is 649 g/mol. The van der Waals surface area contributed by atoms with E-state index in [-0.39, 0.29) is 41.1 Å². The molecule has 3 aliphatic rings. The summed E-state index contributed by atoms with van der Waals surface area (Å²) < 4.78 is 42.0. The van der Waals surface area contributed by atoms with E-state index in [9.17, 15) is 14.0 Å². The predicted octanol–water partition coefficient (Wildman–Crippen LogP) is 6.08. The summed E-state index contributed by atoms with van der Waals surface area (Å²) in [5, 5.41) is 21.8. The zero-order valence-corrected chi connectivity index (χ0v) is 25.5. The lowest BCUT2D eigenvalue weighted by Gasteiger charge is -2.30. The van der Waals surface area contributed by atoms with E-state index in [4.69, 9.17) is 36.8 Å². The topological polar surface area (TPSA) is 138 Å². The van der Waals surface area contributed by atoms with Crippen LogP contribution in [0.25, 0.3) is 32.1 Å². The van der Waals surface area contributed by atoms with E-state index in [1.165, 1.54) is 6.07 Å². The van der Waals surface area contributed by atoms with Crippen molar-refractivity contribution in [2.45, 2.75) is 50.7 Å². The van der Waals surface area contributed by atoms with E-state index in [2.05, 4.69) is 26.5 Å². The first-order valence-electron chi connectivity index (χ1n) is 14.6. The van der Waals surface area contributed by atoms with Crippen LogP contribution in [0.15, 0.2) is 24.5 Å². The number of hydrogen-bond donors (Lipinski definition) is 3. The van der Waals surface area contributed by atoms with Crippen LogP contribution in [0.1, 0.15) is 41.5 Å². The Morgan fingerprint density at radius 3 is 2.98 bits per heavy atom. The quantitative estimate of drug-likeness (QED) is 0.192. The van der Waals surface area contributed by atoms with Crippen LogP contribution in [-0.4, -0.2) is 56.5 Å². The first-order chi connectivity index (χ1) is 21.9. The van der Waals surface area contributed by atoms with Crippen LogP contribution in [-0.2, 0) is 24.5 Å². The number of halogens is 3. The number of thiophene rings is 1. The summed E-state index contributed by atoms with van der Waals surface area (Å²) in [4.78, 5) is 11.8. The fraction of sp³-hybridized carbons (Fsp3) is 0.355. The van der Waals surface area contributed by atoms with Crippen molar-refractivity contribution in [3.05, 3.63) is 57.6 Å². The molecule has 2 atom stereocenters. The number of nitrogens with zero attached hydrogens (tertiary/aromatic N) is 5. The molecule has 6 heterocycles. The van der Waals surface area contributed by atoms with E-state index in [1.54, 1.807) is 18.5 Å². The summed E-state index contributed by atoms with van der Waals surface area (Å²) in [6.45, 7) is 2.43. The monoisotopic (exact) mass is 648 g/mol. The SMILES string of the molecule is N#Cc1c(N)sc2c(F)ccc(-c3c4c(c5c(NCc6cn[nH]c6)nc(OC[C@@]67CCCN6C[C@H](F)C7)nc5c3Cl)COC4)c12. The van der Waals surface area contributed by atoms with Gasteiger partial charge in [-0.05, 0) is 42.1 Å². The molecule has 5 aromatic rings. The van der Waals surface area contributed by atoms with Crippen molar-refractivity contribution in [3.8, 4) is 23.2 Å². The van der Waals surface area contributed by atoms with Gasteiger partial charge in [-0.2, -0.15) is 20.3 Å². The molecule has 45 heavy (non-hydrogen) atoms. The Kier molecular flexibility index (Phi) is 6.79. The minimum Gasteiger partial charge on any atom is -0.461 e. The molecule has 4 N–H and O–H groups in total. The molecule has 0 radical (unpaired) electrons. The molecule has 8 rings (SSSR count). The number of benzene rings is 2. The number of anilines is 2. The lowest BCUT2D eigenvalue weighted by atomic mass is 9.91. The van der Waals surface area contributed by atoms with Crippen LogP contribution >= 0.6 is 22.9 Å². The van der Waals surface area contributed by atoms with E-state index in [0.29, 0.717) is 57.8 Å². The highest BCUT2D eigenvalue weighted by atomic mass is 35.5. The van der Waals surface area contributed by atoms with Crippen molar-refractivity contribution in [2.24, 2.45) is 0 Å². The number of nitrogens with two attached hydrogens (primary N) is 1. The van der Waals surface area contributed by atoms with Gasteiger partial charge in [0.15, 0.2) is 0 Å². The summed E-state index contributed by atoms with van der Waals surface area (Å²) in [6.07, 6.45) is 4.84. The highest BCUT2D eigenvalue weighted by molar-refractivity contribution is 7.23. The molecule has 2 aromatic carbocycles. The Morgan fingerprint density at radius 1 is 1.29 bits per heavy atom. The molecule has 3 aromatic heterocycles. The Bertz CT molecular complexity index is 2030. The number of aromatic amines is 1. The minimum atomic E-state index is -0.893. The van der Waals surface area contributed by atoms with Crippen molar-refractivity contribution in [1.29, 1.82) is 5.26 Å². The Hall–Kier alpha value is -4.09. The number of alkyl halides is 1. The van der Waals surface area contributed by atoms with Crippen molar-refractivity contribution in [3.63, 3.8) is 0 Å². The maximum Gasteiger partial charge on any atom is 0.319 e. The molecule has 230 valence electrons. The fourth-order valence-electron chi connectivity index (χ4n) is 7.20. The third-order valence-corrected chi connectivity index (χ3v) is 10.6. The number of nitrogens with one attached hydrogen (secondary N) is 2. The number of hydrogen-bond acceptors (Lipinski definition) is 10. The third-order valence-electron chi connectivity index (χ3n) is 9.22. The largest absolute Gasteiger partial charge is 0.461 e. The predicted molar refractivity (Wildman–Crippen MR) is 167 cm³/mol. The molecule has 2 saturated heterocycles.